The second-order valence-corrected chi connectivity index (χ2v) is 42.5. The van der Waals surface area contributed by atoms with Gasteiger partial charge in [0, 0.05) is 0 Å². The molecule has 0 N–H and O–H groups in total. The van der Waals surface area contributed by atoms with Gasteiger partial charge < -0.3 is 0 Å². The molecule has 2 nitrogen and oxygen atoms in total. The van der Waals surface area contributed by atoms with Crippen LogP contribution in [0.1, 0.15) is 27.0 Å². The molecule has 0 aliphatic carbocycles. The zero-order valence-corrected chi connectivity index (χ0v) is 20.3. The van der Waals surface area contributed by atoms with Crippen molar-refractivity contribution in [3.8, 4) is 5.75 Å². The Hall–Kier alpha value is 0.160. The first-order valence-electron chi connectivity index (χ1n) is 7.20. The maximum absolute atomic E-state index is 12.9. The van der Waals surface area contributed by atoms with E-state index in [1.165, 1.54) is 9.17 Å². The first-order chi connectivity index (χ1) is 10.7. The van der Waals surface area contributed by atoms with Crippen LogP contribution in [-0.4, -0.2) is 23.2 Å². The van der Waals surface area contributed by atoms with E-state index in [9.17, 15) is 4.79 Å². The third-order valence-electron chi connectivity index (χ3n) is 3.67. The van der Waals surface area contributed by atoms with E-state index in [0.717, 1.165) is 22.4 Å². The van der Waals surface area contributed by atoms with Gasteiger partial charge in [-0.2, -0.15) is 0 Å². The van der Waals surface area contributed by atoms with Gasteiger partial charge in [-0.05, 0) is 0 Å². The number of hydrogen-bond acceptors (Lipinski definition) is 2. The summed E-state index contributed by atoms with van der Waals surface area (Å²) in [6, 6.07) is 12.4. The molecule has 0 bridgehead atoms. The van der Waals surface area contributed by atoms with E-state index in [1.807, 2.05) is 26.0 Å². The summed E-state index contributed by atoms with van der Waals surface area (Å²) in [5.74, 6) is 1.14. The van der Waals surface area contributed by atoms with Gasteiger partial charge in [-0.1, -0.05) is 0 Å². The van der Waals surface area contributed by atoms with Crippen LogP contribution in [0.25, 0.3) is 0 Å². The van der Waals surface area contributed by atoms with Crippen LogP contribution in [0.3, 0.4) is 0 Å². The fraction of sp³-hybridized carbons (Fsp3) is 0.278. The summed E-state index contributed by atoms with van der Waals surface area (Å²) in [6.45, 7) is 6.15. The van der Waals surface area contributed by atoms with Gasteiger partial charge in [0.25, 0.3) is 0 Å². The number of aryl methyl sites for hydroxylation is 3. The molecule has 2 aromatic carbocycles. The van der Waals surface area contributed by atoms with Crippen LogP contribution in [0.15, 0.2) is 36.4 Å². The number of halogens is 2. The van der Waals surface area contributed by atoms with E-state index >= 15 is 0 Å². The van der Waals surface area contributed by atoms with Crippen LogP contribution in [-0.2, 0) is 0 Å². The summed E-state index contributed by atoms with van der Waals surface area (Å²) < 4.78 is 7.19. The Balaban J connectivity index is 2.27. The fourth-order valence-corrected chi connectivity index (χ4v) is 13.8. The van der Waals surface area contributed by atoms with E-state index in [0.29, 0.717) is 4.47 Å². The molecule has 0 saturated heterocycles. The molecule has 0 radical (unpaired) electrons. The number of methoxy groups -OCH3 is 1. The summed E-state index contributed by atoms with van der Waals surface area (Å²) in [5.41, 5.74) is 4.30. The average Bonchev–Trinajstić information content (AvgIpc) is 2.45. The SMILES string of the molecule is COc1ccc([Te](I)(I)CC(=O)c2c(C)cc(C)cc2C)cc1. The Kier molecular flexibility index (Phi) is 6.80. The predicted octanol–water partition coefficient (Wildman–Crippen LogP) is 5.02. The van der Waals surface area contributed by atoms with Crippen molar-refractivity contribution in [2.45, 2.75) is 25.2 Å². The number of carbonyl (C=O) groups excluding carboxylic acids is 1. The third kappa shape index (κ3) is 4.83. The normalized spacial score (nSPS) is 12.1. The van der Waals surface area contributed by atoms with Gasteiger partial charge in [0.15, 0.2) is 0 Å². The van der Waals surface area contributed by atoms with E-state index < -0.39 is 10.3 Å². The van der Waals surface area contributed by atoms with Crippen molar-refractivity contribution in [2.75, 3.05) is 7.11 Å². The summed E-state index contributed by atoms with van der Waals surface area (Å²) in [5, 5.41) is 0. The summed E-state index contributed by atoms with van der Waals surface area (Å²) >= 11 is 5.10. The molecule has 0 amide bonds. The van der Waals surface area contributed by atoms with Crippen LogP contribution in [0.5, 0.6) is 5.75 Å². The van der Waals surface area contributed by atoms with Crippen LogP contribution < -0.4 is 8.35 Å². The molecule has 0 atom stereocenters. The second kappa shape index (κ2) is 8.03. The number of carbonyl (C=O) groups is 1. The van der Waals surface area contributed by atoms with Gasteiger partial charge in [-0.25, -0.2) is 0 Å². The Labute approximate surface area is 161 Å². The van der Waals surface area contributed by atoms with E-state index in [4.69, 9.17) is 4.74 Å². The van der Waals surface area contributed by atoms with Gasteiger partial charge >= 0.3 is 163 Å². The van der Waals surface area contributed by atoms with Crippen molar-refractivity contribution in [3.05, 3.63) is 58.7 Å². The maximum atomic E-state index is 12.9. The quantitative estimate of drug-likeness (QED) is 0.259. The molecule has 0 saturated carbocycles. The van der Waals surface area contributed by atoms with Crippen LogP contribution in [0.2, 0.25) is 4.47 Å². The molecule has 0 aromatic heterocycles. The topological polar surface area (TPSA) is 26.3 Å². The minimum absolute atomic E-state index is 0.279. The first-order valence-corrected chi connectivity index (χ1v) is 23.6. The molecule has 2 rings (SSSR count). The number of Topliss-reactive ketones (excluding diaryl/α,β-unsaturated/α-hetero) is 1. The minimum atomic E-state index is -2.48. The second-order valence-electron chi connectivity index (χ2n) is 5.59. The van der Waals surface area contributed by atoms with Crippen molar-refractivity contribution in [1.82, 2.24) is 0 Å². The van der Waals surface area contributed by atoms with Gasteiger partial charge in [0.2, 0.25) is 0 Å². The van der Waals surface area contributed by atoms with E-state index in [1.54, 1.807) is 7.11 Å². The van der Waals surface area contributed by atoms with Crippen LogP contribution in [0.4, 0.5) is 0 Å². The van der Waals surface area contributed by atoms with Crippen molar-refractivity contribution in [1.29, 1.82) is 0 Å². The van der Waals surface area contributed by atoms with Crippen molar-refractivity contribution in [2.24, 2.45) is 0 Å². The monoisotopic (exact) mass is 652 g/mol. The van der Waals surface area contributed by atoms with Gasteiger partial charge in [-0.15, -0.1) is 0 Å². The number of hydrogen-bond donors (Lipinski definition) is 0. The Morgan fingerprint density at radius 1 is 1.04 bits per heavy atom. The van der Waals surface area contributed by atoms with E-state index in [-0.39, 0.29) is 5.78 Å². The molecular weight excluding hydrogens is 630 g/mol. The standard InChI is InChI=1S/C18H20I2O2Te/c1-12-9-13(2)18(14(3)10-12)17(21)11-23(19,20)16-7-5-15(22-4)6-8-16/h5-10H,11H2,1-4H3. The Morgan fingerprint density at radius 3 is 2.04 bits per heavy atom. The number of rotatable bonds is 5. The van der Waals surface area contributed by atoms with Crippen molar-refractivity contribution in [3.63, 3.8) is 0 Å². The Bertz CT molecular complexity index is 701. The molecule has 0 heterocycles. The zero-order valence-electron chi connectivity index (χ0n) is 13.7. The summed E-state index contributed by atoms with van der Waals surface area (Å²) in [7, 11) is -0.807. The van der Waals surface area contributed by atoms with Gasteiger partial charge in [-0.3, -0.25) is 0 Å². The molecule has 23 heavy (non-hydrogen) atoms. The zero-order chi connectivity index (χ0) is 17.2. The molecule has 124 valence electrons. The van der Waals surface area contributed by atoms with Crippen LogP contribution >= 0.6 is 37.4 Å². The predicted molar refractivity (Wildman–Crippen MR) is 116 cm³/mol. The van der Waals surface area contributed by atoms with Gasteiger partial charge in [0.1, 0.15) is 0 Å². The van der Waals surface area contributed by atoms with Crippen molar-refractivity contribution < 1.29 is 9.53 Å². The summed E-state index contributed by atoms with van der Waals surface area (Å²) in [6.07, 6.45) is 0. The van der Waals surface area contributed by atoms with Crippen molar-refractivity contribution >= 4 is 57.1 Å². The third-order valence-corrected chi connectivity index (χ3v) is 19.2. The molecule has 0 spiro atoms. The average molecular weight is 650 g/mol. The number of ether oxygens (including phenoxy) is 1. The molecule has 0 fully saturated rings. The van der Waals surface area contributed by atoms with E-state index in [2.05, 4.69) is 68.6 Å². The fourth-order valence-electron chi connectivity index (χ4n) is 2.71. The number of benzene rings is 2. The number of ketones is 1. The molecule has 2 aromatic rings. The Morgan fingerprint density at radius 2 is 1.57 bits per heavy atom. The molecular formula is C18H20I2O2Te. The molecule has 0 aliphatic rings. The molecule has 0 unspecified atom stereocenters. The molecule has 0 aliphatic heterocycles. The first kappa shape index (κ1) is 19.5. The summed E-state index contributed by atoms with van der Waals surface area (Å²) in [4.78, 5) is 12.9. The van der Waals surface area contributed by atoms with Gasteiger partial charge in [0.05, 0.1) is 0 Å². The van der Waals surface area contributed by atoms with Crippen LogP contribution in [0, 0.1) is 20.8 Å². The molecule has 5 heteroatoms.